The number of nitrogens with two attached hydrogens (primary N) is 1. The van der Waals surface area contributed by atoms with Gasteiger partial charge in [-0.3, -0.25) is 14.4 Å². The lowest BCUT2D eigenvalue weighted by Gasteiger charge is -2.46. The summed E-state index contributed by atoms with van der Waals surface area (Å²) in [4.78, 5) is 42.8. The predicted octanol–water partition coefficient (Wildman–Crippen LogP) is 0.824. The lowest BCUT2D eigenvalue weighted by molar-refractivity contribution is -0.119. The summed E-state index contributed by atoms with van der Waals surface area (Å²) in [7, 11) is 0. The van der Waals surface area contributed by atoms with Crippen LogP contribution in [0.4, 0.5) is 5.13 Å². The Hall–Kier alpha value is -2.68. The van der Waals surface area contributed by atoms with Gasteiger partial charge in [0.1, 0.15) is 5.69 Å². The van der Waals surface area contributed by atoms with Crippen molar-refractivity contribution >= 4 is 28.3 Å². The van der Waals surface area contributed by atoms with Gasteiger partial charge in [0.25, 0.3) is 11.5 Å². The summed E-state index contributed by atoms with van der Waals surface area (Å²) in [5.74, 6) is -0.0960. The van der Waals surface area contributed by atoms with E-state index in [1.807, 2.05) is 6.07 Å². The number of amides is 2. The third-order valence-electron chi connectivity index (χ3n) is 5.39. The number of carbonyl (C=O) groups is 2. The molecule has 2 aliphatic heterocycles. The van der Waals surface area contributed by atoms with E-state index >= 15 is 0 Å². The predicted molar refractivity (Wildman–Crippen MR) is 102 cm³/mol. The molecule has 8 nitrogen and oxygen atoms in total. The number of aromatic nitrogens is 2. The fraction of sp³-hybridized carbons (Fsp3) is 0.444. The second-order valence-corrected chi connectivity index (χ2v) is 8.03. The maximum absolute atomic E-state index is 12.9. The number of rotatable bonds is 3. The highest BCUT2D eigenvalue weighted by Gasteiger charge is 2.42. The molecule has 0 spiro atoms. The number of pyridine rings is 1. The molecule has 2 amide bonds. The third kappa shape index (κ3) is 3.23. The summed E-state index contributed by atoms with van der Waals surface area (Å²) in [6.07, 6.45) is 0.886. The molecule has 0 aliphatic carbocycles. The Morgan fingerprint density at radius 3 is 2.89 bits per heavy atom. The van der Waals surface area contributed by atoms with Crippen molar-refractivity contribution < 1.29 is 9.59 Å². The molecule has 4 rings (SSSR count). The Labute approximate surface area is 160 Å². The van der Waals surface area contributed by atoms with Crippen LogP contribution in [0.2, 0.25) is 0 Å². The summed E-state index contributed by atoms with van der Waals surface area (Å²) in [6, 6.07) is 5.07. The van der Waals surface area contributed by atoms with Gasteiger partial charge in [-0.2, -0.15) is 0 Å². The molecule has 2 aromatic heterocycles. The van der Waals surface area contributed by atoms with Crippen LogP contribution in [-0.4, -0.2) is 45.9 Å². The summed E-state index contributed by atoms with van der Waals surface area (Å²) in [6.45, 7) is 2.90. The highest BCUT2D eigenvalue weighted by atomic mass is 32.1. The van der Waals surface area contributed by atoms with Crippen LogP contribution in [0, 0.1) is 5.92 Å². The second kappa shape index (κ2) is 6.80. The molecule has 1 saturated heterocycles. The topological polar surface area (TPSA) is 110 Å². The van der Waals surface area contributed by atoms with Gasteiger partial charge in [0, 0.05) is 49.6 Å². The van der Waals surface area contributed by atoms with E-state index < -0.39 is 0 Å². The largest absolute Gasteiger partial charge is 0.375 e. The number of carbonyl (C=O) groups excluding carboxylic acids is 2. The molecule has 0 aromatic carbocycles. The molecule has 3 N–H and O–H groups in total. The van der Waals surface area contributed by atoms with Crippen molar-refractivity contribution in [2.45, 2.75) is 25.3 Å². The number of anilines is 1. The Morgan fingerprint density at radius 1 is 1.37 bits per heavy atom. The van der Waals surface area contributed by atoms with Gasteiger partial charge in [0.05, 0.1) is 6.04 Å². The van der Waals surface area contributed by atoms with Gasteiger partial charge in [-0.25, -0.2) is 4.98 Å². The minimum Gasteiger partial charge on any atom is -0.375 e. The number of likely N-dealkylation sites (tertiary alicyclic amines) is 1. The number of nitrogens with one attached hydrogen (secondary N) is 1. The standard InChI is InChI=1S/C18H21N5O3S/c1-10(24)20-6-15-12-5-11(14-3-2-4-16(25)23(14)15)7-22(8-12)17(26)13-9-27-18(19)21-13/h2-4,9,11-12,15H,5-8H2,1H3,(H2,19,21)(H,20,24)/t11-,12+,15+/m1/s1. The molecular formula is C18H21N5O3S. The van der Waals surface area contributed by atoms with E-state index in [9.17, 15) is 14.4 Å². The zero-order valence-corrected chi connectivity index (χ0v) is 15.7. The van der Waals surface area contributed by atoms with Crippen LogP contribution in [0.25, 0.3) is 0 Å². The molecule has 2 bridgehead atoms. The normalized spacial score (nSPS) is 23.6. The highest BCUT2D eigenvalue weighted by Crippen LogP contribution is 2.41. The number of nitrogen functional groups attached to an aromatic ring is 1. The molecule has 9 heteroatoms. The quantitative estimate of drug-likeness (QED) is 0.810. The molecule has 142 valence electrons. The van der Waals surface area contributed by atoms with E-state index in [4.69, 9.17) is 5.73 Å². The van der Waals surface area contributed by atoms with E-state index in [0.29, 0.717) is 30.5 Å². The molecule has 4 heterocycles. The Bertz CT molecular complexity index is 952. The van der Waals surface area contributed by atoms with Crippen molar-refractivity contribution in [3.05, 3.63) is 45.3 Å². The van der Waals surface area contributed by atoms with Gasteiger partial charge in [-0.05, 0) is 18.4 Å². The molecule has 0 radical (unpaired) electrons. The highest BCUT2D eigenvalue weighted by molar-refractivity contribution is 7.13. The summed E-state index contributed by atoms with van der Waals surface area (Å²) < 4.78 is 1.80. The lowest BCUT2D eigenvalue weighted by Crippen LogP contribution is -2.53. The Morgan fingerprint density at radius 2 is 2.19 bits per heavy atom. The van der Waals surface area contributed by atoms with Crippen molar-refractivity contribution in [2.24, 2.45) is 5.92 Å². The average molecular weight is 387 g/mol. The van der Waals surface area contributed by atoms with Gasteiger partial charge in [0.2, 0.25) is 5.91 Å². The van der Waals surface area contributed by atoms with Crippen LogP contribution in [0.15, 0.2) is 28.4 Å². The molecule has 27 heavy (non-hydrogen) atoms. The van der Waals surface area contributed by atoms with Crippen molar-refractivity contribution in [3.63, 3.8) is 0 Å². The van der Waals surface area contributed by atoms with E-state index in [0.717, 1.165) is 12.1 Å². The molecule has 1 fully saturated rings. The van der Waals surface area contributed by atoms with Crippen LogP contribution in [-0.2, 0) is 4.79 Å². The van der Waals surface area contributed by atoms with Crippen LogP contribution in [0.3, 0.4) is 0 Å². The minimum absolute atomic E-state index is 0.0652. The fourth-order valence-electron chi connectivity index (χ4n) is 4.27. The van der Waals surface area contributed by atoms with Crippen LogP contribution >= 0.6 is 11.3 Å². The number of fused-ring (bicyclic) bond motifs is 4. The maximum atomic E-state index is 12.9. The number of piperidine rings is 1. The first-order valence-corrected chi connectivity index (χ1v) is 9.78. The third-order valence-corrected chi connectivity index (χ3v) is 6.06. The molecule has 0 unspecified atom stereocenters. The maximum Gasteiger partial charge on any atom is 0.273 e. The van der Waals surface area contributed by atoms with Crippen molar-refractivity contribution in [1.82, 2.24) is 19.8 Å². The Kier molecular flexibility index (Phi) is 4.47. The summed E-state index contributed by atoms with van der Waals surface area (Å²) in [5.41, 5.74) is 6.88. The van der Waals surface area contributed by atoms with Gasteiger partial charge < -0.3 is 20.5 Å². The molecule has 2 aromatic rings. The lowest BCUT2D eigenvalue weighted by atomic mass is 9.78. The van der Waals surface area contributed by atoms with E-state index in [1.54, 1.807) is 27.0 Å². The SMILES string of the molecule is CC(=O)NC[C@H]1[C@H]2C[C@H](CN(C(=O)c3csc(N)n3)C2)c2cccc(=O)n21. The second-order valence-electron chi connectivity index (χ2n) is 7.14. The minimum atomic E-state index is -0.176. The average Bonchev–Trinajstić information content (AvgIpc) is 3.07. The van der Waals surface area contributed by atoms with Gasteiger partial charge >= 0.3 is 0 Å². The van der Waals surface area contributed by atoms with Gasteiger partial charge in [-0.1, -0.05) is 6.07 Å². The number of hydrogen-bond acceptors (Lipinski definition) is 6. The van der Waals surface area contributed by atoms with Gasteiger partial charge in [-0.15, -0.1) is 11.3 Å². The van der Waals surface area contributed by atoms with Crippen molar-refractivity contribution in [3.8, 4) is 0 Å². The van der Waals surface area contributed by atoms with E-state index in [-0.39, 0.29) is 35.3 Å². The monoisotopic (exact) mass is 387 g/mol. The number of hydrogen-bond donors (Lipinski definition) is 2. The molecule has 3 atom stereocenters. The van der Waals surface area contributed by atoms with Gasteiger partial charge in [0.15, 0.2) is 5.13 Å². The zero-order valence-electron chi connectivity index (χ0n) is 14.9. The summed E-state index contributed by atoms with van der Waals surface area (Å²) in [5, 5.41) is 4.88. The molecular weight excluding hydrogens is 366 g/mol. The molecule has 2 aliphatic rings. The molecule has 0 saturated carbocycles. The van der Waals surface area contributed by atoms with Crippen molar-refractivity contribution in [2.75, 3.05) is 25.4 Å². The first-order chi connectivity index (χ1) is 12.9. The fourth-order valence-corrected chi connectivity index (χ4v) is 4.80. The first-order valence-electron chi connectivity index (χ1n) is 8.90. The van der Waals surface area contributed by atoms with E-state index in [1.165, 1.54) is 18.3 Å². The van der Waals surface area contributed by atoms with E-state index in [2.05, 4.69) is 10.3 Å². The van der Waals surface area contributed by atoms with Crippen LogP contribution < -0.4 is 16.6 Å². The Balaban J connectivity index is 1.67. The zero-order chi connectivity index (χ0) is 19.1. The number of thiazole rings is 1. The summed E-state index contributed by atoms with van der Waals surface area (Å²) >= 11 is 1.25. The number of nitrogens with zero attached hydrogens (tertiary/aromatic N) is 3. The first kappa shape index (κ1) is 17.7. The van der Waals surface area contributed by atoms with Crippen LogP contribution in [0.1, 0.15) is 41.5 Å². The van der Waals surface area contributed by atoms with Crippen LogP contribution in [0.5, 0.6) is 0 Å². The smallest absolute Gasteiger partial charge is 0.273 e. The van der Waals surface area contributed by atoms with Crippen molar-refractivity contribution in [1.29, 1.82) is 0 Å².